The molecule has 1 atom stereocenters. The zero-order valence-electron chi connectivity index (χ0n) is 62.5. The van der Waals surface area contributed by atoms with Crippen LogP contribution in [0.3, 0.4) is 0 Å². The molecule has 1 aliphatic carbocycles. The maximum absolute atomic E-state index is 2.61. The van der Waals surface area contributed by atoms with E-state index in [1.807, 2.05) is 0 Å². The second-order valence-electron chi connectivity index (χ2n) is 30.6. The topological polar surface area (TPSA) is 21.3 Å². The molecule has 23 rings (SSSR count). The number of aromatic nitrogens is 3. The Hall–Kier alpha value is -14.8. The van der Waals surface area contributed by atoms with Gasteiger partial charge in [-0.05, 0) is 246 Å². The molecule has 114 heavy (non-hydrogen) atoms. The van der Waals surface area contributed by atoms with Crippen LogP contribution in [0.4, 0.5) is 34.1 Å². The van der Waals surface area contributed by atoms with Crippen molar-refractivity contribution >= 4 is 143 Å². The molecule has 1 unspecified atom stereocenters. The van der Waals surface area contributed by atoms with Gasteiger partial charge in [0.15, 0.2) is 0 Å². The predicted octanol–water partition coefficient (Wildman–Crippen LogP) is 29.6. The van der Waals surface area contributed by atoms with E-state index in [1.165, 1.54) is 159 Å². The normalized spacial score (nSPS) is 12.9. The first-order valence-corrected chi connectivity index (χ1v) is 39.7. The minimum atomic E-state index is 0.121. The summed E-state index contributed by atoms with van der Waals surface area (Å²) in [5, 5.41) is 17.2. The summed E-state index contributed by atoms with van der Waals surface area (Å²) in [6, 6.07) is 154. The second kappa shape index (κ2) is 26.5. The molecule has 0 radical (unpaired) electrons. The number of para-hydroxylation sites is 5. The standard InChI is InChI=1S/C109H73N5/c1-5-23-75(24-6-1)91-59-61-98-94(97-55-43-80-67-89(53-57-92(80)107(91)97)110(87-51-41-71-21-13-15-25-76(71)65-87)85-47-37-73(38-48-85)78-45-63-105-101(69-78)95-33-17-19-35-103(95)112(105)82-27-7-2-8-28-82)60-62-100-99-56-44-81-68-90(54-58-93(81)108(99)114(109(98)100)84-31-11-4-12-32-84)111(88-52-42-72-22-14-16-26-77(72)66-88)86-49-39-74(40-50-86)79-46-64-106-102(70-79)96-34-18-20-36-104(96)113(106)83-29-9-3-10-30-83/h1-58,60,62-70,91H,59,61H2. The van der Waals surface area contributed by atoms with Crippen molar-refractivity contribution < 1.29 is 0 Å². The summed E-state index contributed by atoms with van der Waals surface area (Å²) >= 11 is 0. The van der Waals surface area contributed by atoms with Crippen LogP contribution in [0, 0.1) is 0 Å². The number of nitrogens with zero attached hydrogens (tertiary/aromatic N) is 5. The van der Waals surface area contributed by atoms with E-state index in [-0.39, 0.29) is 5.92 Å². The van der Waals surface area contributed by atoms with Crippen molar-refractivity contribution in [3.05, 3.63) is 429 Å². The Labute approximate surface area is 660 Å². The van der Waals surface area contributed by atoms with E-state index >= 15 is 0 Å². The molecule has 0 aliphatic heterocycles. The van der Waals surface area contributed by atoms with Crippen LogP contribution in [0.5, 0.6) is 0 Å². The van der Waals surface area contributed by atoms with Crippen LogP contribution in [-0.2, 0) is 6.42 Å². The third-order valence-corrected chi connectivity index (χ3v) is 24.4. The quantitative estimate of drug-likeness (QED) is 0.122. The van der Waals surface area contributed by atoms with Gasteiger partial charge in [0.25, 0.3) is 0 Å². The molecule has 0 saturated heterocycles. The second-order valence-corrected chi connectivity index (χ2v) is 30.6. The van der Waals surface area contributed by atoms with Gasteiger partial charge in [0.2, 0.25) is 0 Å². The first-order valence-electron chi connectivity index (χ1n) is 39.7. The molecule has 22 aromatic rings. The summed E-state index contributed by atoms with van der Waals surface area (Å²) in [5.41, 5.74) is 28.7. The molecule has 5 nitrogen and oxygen atoms in total. The highest BCUT2D eigenvalue weighted by Gasteiger charge is 2.31. The van der Waals surface area contributed by atoms with Crippen molar-refractivity contribution in [2.45, 2.75) is 18.8 Å². The first kappa shape index (κ1) is 65.1. The Bertz CT molecular complexity index is 7580. The molecule has 534 valence electrons. The maximum atomic E-state index is 2.61. The Morgan fingerprint density at radius 3 is 1.12 bits per heavy atom. The summed E-state index contributed by atoms with van der Waals surface area (Å²) < 4.78 is 7.38. The van der Waals surface area contributed by atoms with Gasteiger partial charge in [-0.2, -0.15) is 0 Å². The van der Waals surface area contributed by atoms with Crippen molar-refractivity contribution in [1.82, 2.24) is 13.7 Å². The smallest absolute Gasteiger partial charge is 0.0619 e. The van der Waals surface area contributed by atoms with Crippen LogP contribution in [-0.4, -0.2) is 13.7 Å². The average molecular weight is 1450 g/mol. The van der Waals surface area contributed by atoms with E-state index in [4.69, 9.17) is 0 Å². The number of aryl methyl sites for hydroxylation is 1. The minimum Gasteiger partial charge on any atom is -0.310 e. The highest BCUT2D eigenvalue weighted by molar-refractivity contribution is 6.21. The molecule has 3 aromatic heterocycles. The van der Waals surface area contributed by atoms with E-state index in [9.17, 15) is 0 Å². The molecule has 0 N–H and O–H groups in total. The Balaban J connectivity index is 0.644. The van der Waals surface area contributed by atoms with E-state index in [0.717, 1.165) is 64.0 Å². The number of benzene rings is 19. The number of hydrogen-bond acceptors (Lipinski definition) is 2. The molecule has 19 aromatic carbocycles. The molecular formula is C109H73N5. The number of rotatable bonds is 12. The summed E-state index contributed by atoms with van der Waals surface area (Å²) in [6.45, 7) is 0. The Kier molecular flexibility index (Phi) is 15.1. The van der Waals surface area contributed by atoms with Crippen LogP contribution < -0.4 is 9.80 Å². The molecule has 0 spiro atoms. The van der Waals surface area contributed by atoms with Crippen molar-refractivity contribution in [2.24, 2.45) is 0 Å². The van der Waals surface area contributed by atoms with Gasteiger partial charge in [0, 0.05) is 94.8 Å². The zero-order chi connectivity index (χ0) is 74.9. The van der Waals surface area contributed by atoms with Gasteiger partial charge < -0.3 is 23.5 Å². The van der Waals surface area contributed by atoms with Crippen LogP contribution in [0.1, 0.15) is 29.0 Å². The number of hydrogen-bond donors (Lipinski definition) is 0. The fourth-order valence-electron chi connectivity index (χ4n) is 19.1. The molecule has 5 heteroatoms. The van der Waals surface area contributed by atoms with Crippen LogP contribution in [0.15, 0.2) is 413 Å². The van der Waals surface area contributed by atoms with Gasteiger partial charge in [0.05, 0.1) is 33.1 Å². The van der Waals surface area contributed by atoms with Crippen LogP contribution in [0.2, 0.25) is 0 Å². The molecule has 0 bridgehead atoms. The SMILES string of the molecule is c1ccc(C2CCc3c(ccc4c5ccc6cc(N(c7ccc(-c8ccc9c(c8)c8ccccc8n9-c8ccccc8)cc7)c7ccc8ccccc8c7)ccc6c5n(-c5ccccc5)c34)-c3ccc4cc(N(c5ccc(-c6ccc7c(c6)c6ccccc6n7-c6ccccc6)cc5)c5ccc6ccccc6c5)ccc4c32)cc1. The van der Waals surface area contributed by atoms with Gasteiger partial charge in [-0.15, -0.1) is 0 Å². The Morgan fingerprint density at radius 1 is 0.219 bits per heavy atom. The summed E-state index contributed by atoms with van der Waals surface area (Å²) in [7, 11) is 0. The largest absolute Gasteiger partial charge is 0.310 e. The van der Waals surface area contributed by atoms with E-state index in [0.29, 0.717) is 0 Å². The summed E-state index contributed by atoms with van der Waals surface area (Å²) in [4.78, 5) is 4.88. The molecule has 0 amide bonds. The summed E-state index contributed by atoms with van der Waals surface area (Å²) in [6.07, 6.45) is 1.82. The lowest BCUT2D eigenvalue weighted by molar-refractivity contribution is 0.731. The van der Waals surface area contributed by atoms with Gasteiger partial charge in [-0.1, -0.05) is 267 Å². The van der Waals surface area contributed by atoms with Crippen molar-refractivity contribution in [2.75, 3.05) is 9.80 Å². The van der Waals surface area contributed by atoms with Gasteiger partial charge in [0.1, 0.15) is 0 Å². The van der Waals surface area contributed by atoms with Crippen molar-refractivity contribution in [1.29, 1.82) is 0 Å². The van der Waals surface area contributed by atoms with Gasteiger partial charge >= 0.3 is 0 Å². The van der Waals surface area contributed by atoms with Gasteiger partial charge in [-0.25, -0.2) is 0 Å². The lowest BCUT2D eigenvalue weighted by Crippen LogP contribution is -2.10. The van der Waals surface area contributed by atoms with Crippen LogP contribution in [0.25, 0.3) is 159 Å². The van der Waals surface area contributed by atoms with E-state index in [1.54, 1.807) is 0 Å². The van der Waals surface area contributed by atoms with Crippen LogP contribution >= 0.6 is 0 Å². The highest BCUT2D eigenvalue weighted by atomic mass is 15.1. The lowest BCUT2D eigenvalue weighted by atomic mass is 9.82. The third-order valence-electron chi connectivity index (χ3n) is 24.4. The van der Waals surface area contributed by atoms with E-state index in [2.05, 4.69) is 436 Å². The minimum absolute atomic E-state index is 0.121. The van der Waals surface area contributed by atoms with Crippen molar-refractivity contribution in [3.63, 3.8) is 0 Å². The molecular weight excluding hydrogens is 1380 g/mol. The zero-order valence-corrected chi connectivity index (χ0v) is 62.5. The highest BCUT2D eigenvalue weighted by Crippen LogP contribution is 2.51. The third kappa shape index (κ3) is 10.6. The maximum Gasteiger partial charge on any atom is 0.0619 e. The lowest BCUT2D eigenvalue weighted by Gasteiger charge is -2.27. The monoisotopic (exact) mass is 1450 g/mol. The molecule has 0 saturated carbocycles. The molecule has 1 aliphatic rings. The number of anilines is 6. The summed E-state index contributed by atoms with van der Waals surface area (Å²) in [5.74, 6) is 0.121. The Morgan fingerprint density at radius 2 is 0.588 bits per heavy atom. The van der Waals surface area contributed by atoms with Crippen molar-refractivity contribution in [3.8, 4) is 50.4 Å². The average Bonchev–Trinajstić information content (AvgIpc) is 1.71. The fraction of sp³-hybridized carbons (Fsp3) is 0.0275. The first-order chi connectivity index (χ1) is 56.5. The fourth-order valence-corrected chi connectivity index (χ4v) is 19.1. The molecule has 0 fully saturated rings. The molecule has 3 heterocycles. The van der Waals surface area contributed by atoms with E-state index < -0.39 is 0 Å². The van der Waals surface area contributed by atoms with Gasteiger partial charge in [-0.3, -0.25) is 0 Å². The predicted molar refractivity (Wildman–Crippen MR) is 482 cm³/mol. The number of fused-ring (bicyclic) bond motifs is 19.